The van der Waals surface area contributed by atoms with Crippen LogP contribution in [0.15, 0.2) is 18.2 Å². The topological polar surface area (TPSA) is 92.5 Å². The van der Waals surface area contributed by atoms with Crippen LogP contribution in [-0.2, 0) is 4.79 Å². The zero-order valence-corrected chi connectivity index (χ0v) is 10.9. The summed E-state index contributed by atoms with van der Waals surface area (Å²) in [5, 5.41) is 22.2. The van der Waals surface area contributed by atoms with Gasteiger partial charge < -0.3 is 10.4 Å². The SMILES string of the molecule is CCC(C)(Nc1ccc([N+](=O)[O-])cc1C(F)F)C(=O)O. The number of rotatable bonds is 6. The number of carboxylic acid groups (broad SMARTS) is 1. The van der Waals surface area contributed by atoms with Crippen LogP contribution in [0.25, 0.3) is 0 Å². The van der Waals surface area contributed by atoms with Crippen molar-refractivity contribution in [1.29, 1.82) is 0 Å². The van der Waals surface area contributed by atoms with Gasteiger partial charge in [0.2, 0.25) is 0 Å². The van der Waals surface area contributed by atoms with E-state index in [1.807, 2.05) is 0 Å². The van der Waals surface area contributed by atoms with Gasteiger partial charge in [0.15, 0.2) is 0 Å². The number of nitro benzene ring substituents is 1. The van der Waals surface area contributed by atoms with Gasteiger partial charge in [-0.2, -0.15) is 0 Å². The fraction of sp³-hybridized carbons (Fsp3) is 0.417. The summed E-state index contributed by atoms with van der Waals surface area (Å²) in [5.41, 5.74) is -2.63. The third kappa shape index (κ3) is 3.19. The van der Waals surface area contributed by atoms with Crippen molar-refractivity contribution in [3.8, 4) is 0 Å². The number of aliphatic carboxylic acids is 1. The van der Waals surface area contributed by atoms with Gasteiger partial charge in [0, 0.05) is 23.4 Å². The zero-order valence-electron chi connectivity index (χ0n) is 10.9. The second-order valence-corrected chi connectivity index (χ2v) is 4.45. The number of carboxylic acids is 1. The third-order valence-electron chi connectivity index (χ3n) is 3.07. The highest BCUT2D eigenvalue weighted by molar-refractivity contribution is 5.82. The summed E-state index contributed by atoms with van der Waals surface area (Å²) in [5.74, 6) is -1.20. The number of nitrogens with one attached hydrogen (secondary N) is 1. The number of benzene rings is 1. The first kappa shape index (κ1) is 15.8. The summed E-state index contributed by atoms with van der Waals surface area (Å²) in [4.78, 5) is 21.0. The van der Waals surface area contributed by atoms with Gasteiger partial charge in [0.05, 0.1) is 4.92 Å². The van der Waals surface area contributed by atoms with Crippen molar-refractivity contribution >= 4 is 17.3 Å². The summed E-state index contributed by atoms with van der Waals surface area (Å²) >= 11 is 0. The molecule has 0 aliphatic rings. The van der Waals surface area contributed by atoms with Crippen molar-refractivity contribution in [3.63, 3.8) is 0 Å². The lowest BCUT2D eigenvalue weighted by Crippen LogP contribution is -2.42. The number of hydrogen-bond donors (Lipinski definition) is 2. The predicted octanol–water partition coefficient (Wildman–Crippen LogP) is 3.20. The maximum absolute atomic E-state index is 12.9. The molecule has 0 aliphatic carbocycles. The largest absolute Gasteiger partial charge is 0.480 e. The van der Waals surface area contributed by atoms with Gasteiger partial charge in [0.25, 0.3) is 12.1 Å². The van der Waals surface area contributed by atoms with Crippen LogP contribution in [0.2, 0.25) is 0 Å². The first-order valence-corrected chi connectivity index (χ1v) is 5.79. The Morgan fingerprint density at radius 2 is 2.15 bits per heavy atom. The molecule has 0 bridgehead atoms. The van der Waals surface area contributed by atoms with Crippen LogP contribution < -0.4 is 5.32 Å². The standard InChI is InChI=1S/C12H14F2N2O4/c1-3-12(2,11(17)18)15-9-5-4-7(16(19)20)6-8(9)10(13)14/h4-6,10,15H,3H2,1-2H3,(H,17,18). The van der Waals surface area contributed by atoms with Crippen molar-refractivity contribution in [3.05, 3.63) is 33.9 Å². The monoisotopic (exact) mass is 288 g/mol. The first-order chi connectivity index (χ1) is 9.21. The molecule has 0 spiro atoms. The molecule has 2 N–H and O–H groups in total. The van der Waals surface area contributed by atoms with Crippen LogP contribution in [0.4, 0.5) is 20.2 Å². The molecule has 0 saturated carbocycles. The van der Waals surface area contributed by atoms with Gasteiger partial charge in [-0.25, -0.2) is 13.6 Å². The molecular formula is C12H14F2N2O4. The maximum atomic E-state index is 12.9. The Balaban J connectivity index is 3.24. The first-order valence-electron chi connectivity index (χ1n) is 5.79. The van der Waals surface area contributed by atoms with E-state index in [0.29, 0.717) is 0 Å². The number of alkyl halides is 2. The lowest BCUT2D eigenvalue weighted by atomic mass is 9.98. The Morgan fingerprint density at radius 1 is 1.55 bits per heavy atom. The minimum Gasteiger partial charge on any atom is -0.480 e. The average molecular weight is 288 g/mol. The molecule has 1 unspecified atom stereocenters. The number of hydrogen-bond acceptors (Lipinski definition) is 4. The van der Waals surface area contributed by atoms with E-state index < -0.39 is 34.1 Å². The van der Waals surface area contributed by atoms with Crippen LogP contribution in [-0.4, -0.2) is 21.5 Å². The van der Waals surface area contributed by atoms with Crippen LogP contribution in [0.1, 0.15) is 32.3 Å². The van der Waals surface area contributed by atoms with Crippen LogP contribution in [0, 0.1) is 10.1 Å². The highest BCUT2D eigenvalue weighted by Gasteiger charge is 2.32. The minimum absolute atomic E-state index is 0.127. The molecule has 1 aromatic rings. The van der Waals surface area contributed by atoms with Gasteiger partial charge in [-0.3, -0.25) is 10.1 Å². The van der Waals surface area contributed by atoms with Crippen LogP contribution >= 0.6 is 0 Å². The van der Waals surface area contributed by atoms with E-state index in [2.05, 4.69) is 5.32 Å². The van der Waals surface area contributed by atoms with E-state index in [0.717, 1.165) is 18.2 Å². The maximum Gasteiger partial charge on any atom is 0.329 e. The fourth-order valence-electron chi connectivity index (χ4n) is 1.55. The molecule has 0 amide bonds. The van der Waals surface area contributed by atoms with Crippen molar-refractivity contribution in [2.45, 2.75) is 32.2 Å². The Morgan fingerprint density at radius 3 is 2.55 bits per heavy atom. The van der Waals surface area contributed by atoms with Gasteiger partial charge in [0.1, 0.15) is 5.54 Å². The molecule has 6 nitrogen and oxygen atoms in total. The number of nitrogens with zero attached hydrogens (tertiary/aromatic N) is 1. The number of nitro groups is 1. The average Bonchev–Trinajstić information content (AvgIpc) is 2.38. The molecule has 1 rings (SSSR count). The van der Waals surface area contributed by atoms with E-state index in [9.17, 15) is 23.7 Å². The Kier molecular flexibility index (Phi) is 4.59. The minimum atomic E-state index is -2.95. The highest BCUT2D eigenvalue weighted by Crippen LogP contribution is 2.32. The van der Waals surface area contributed by atoms with E-state index in [1.54, 1.807) is 6.92 Å². The summed E-state index contributed by atoms with van der Waals surface area (Å²) in [6.07, 6.45) is -2.80. The van der Waals surface area contributed by atoms with Gasteiger partial charge >= 0.3 is 5.97 Å². The van der Waals surface area contributed by atoms with Gasteiger partial charge in [-0.1, -0.05) is 6.92 Å². The fourth-order valence-corrected chi connectivity index (χ4v) is 1.55. The summed E-state index contributed by atoms with van der Waals surface area (Å²) in [6.45, 7) is 2.94. The lowest BCUT2D eigenvalue weighted by molar-refractivity contribution is -0.385. The van der Waals surface area contributed by atoms with E-state index in [1.165, 1.54) is 6.92 Å². The normalized spacial score (nSPS) is 13.8. The molecular weight excluding hydrogens is 274 g/mol. The quantitative estimate of drug-likeness (QED) is 0.619. The summed E-state index contributed by atoms with van der Waals surface area (Å²) in [6, 6.07) is 2.88. The molecule has 0 fully saturated rings. The Labute approximate surface area is 113 Å². The number of carbonyl (C=O) groups is 1. The van der Waals surface area contributed by atoms with Crippen LogP contribution in [0.5, 0.6) is 0 Å². The molecule has 0 aliphatic heterocycles. The zero-order chi connectivity index (χ0) is 15.5. The molecule has 0 heterocycles. The molecule has 1 aromatic carbocycles. The lowest BCUT2D eigenvalue weighted by Gasteiger charge is -2.27. The van der Waals surface area contributed by atoms with E-state index in [4.69, 9.17) is 5.11 Å². The van der Waals surface area contributed by atoms with Gasteiger partial charge in [-0.15, -0.1) is 0 Å². The van der Waals surface area contributed by atoms with E-state index in [-0.39, 0.29) is 12.1 Å². The molecule has 0 aromatic heterocycles. The smallest absolute Gasteiger partial charge is 0.329 e. The van der Waals surface area contributed by atoms with Gasteiger partial charge in [-0.05, 0) is 19.4 Å². The third-order valence-corrected chi connectivity index (χ3v) is 3.07. The molecule has 0 saturated heterocycles. The number of anilines is 1. The second kappa shape index (κ2) is 5.81. The Hall–Kier alpha value is -2.25. The number of halogens is 2. The van der Waals surface area contributed by atoms with Crippen molar-refractivity contribution in [2.24, 2.45) is 0 Å². The van der Waals surface area contributed by atoms with Crippen LogP contribution in [0.3, 0.4) is 0 Å². The Bertz CT molecular complexity index is 536. The van der Waals surface area contributed by atoms with Crippen molar-refractivity contribution < 1.29 is 23.6 Å². The van der Waals surface area contributed by atoms with E-state index >= 15 is 0 Å². The van der Waals surface area contributed by atoms with Crippen molar-refractivity contribution in [2.75, 3.05) is 5.32 Å². The number of non-ortho nitro benzene ring substituents is 1. The highest BCUT2D eigenvalue weighted by atomic mass is 19.3. The predicted molar refractivity (Wildman–Crippen MR) is 68.0 cm³/mol. The molecule has 8 heteroatoms. The summed E-state index contributed by atoms with van der Waals surface area (Å²) in [7, 11) is 0. The molecule has 1 atom stereocenters. The molecule has 110 valence electrons. The van der Waals surface area contributed by atoms with Crippen molar-refractivity contribution in [1.82, 2.24) is 0 Å². The molecule has 0 radical (unpaired) electrons. The summed E-state index contributed by atoms with van der Waals surface area (Å²) < 4.78 is 25.9. The second-order valence-electron chi connectivity index (χ2n) is 4.45. The molecule has 20 heavy (non-hydrogen) atoms.